The largest absolute Gasteiger partial charge is 0.391 e. The van der Waals surface area contributed by atoms with Crippen LogP contribution in [0.4, 0.5) is 5.69 Å². The molecule has 0 aliphatic rings. The number of hydrogen-bond donors (Lipinski definition) is 2. The zero-order valence-electron chi connectivity index (χ0n) is 11.2. The van der Waals surface area contributed by atoms with E-state index in [1.807, 2.05) is 6.92 Å². The minimum Gasteiger partial charge on any atom is -0.391 e. The van der Waals surface area contributed by atoms with Crippen molar-refractivity contribution in [2.75, 3.05) is 25.6 Å². The van der Waals surface area contributed by atoms with Gasteiger partial charge < -0.3 is 15.2 Å². The molecule has 0 aliphatic carbocycles. The second-order valence-electron chi connectivity index (χ2n) is 4.22. The Morgan fingerprint density at radius 2 is 2.37 bits per heavy atom. The maximum Gasteiger partial charge on any atom is 0.287 e. The van der Waals surface area contributed by atoms with E-state index in [0.29, 0.717) is 31.8 Å². The number of aliphatic hydroxyl groups is 1. The summed E-state index contributed by atoms with van der Waals surface area (Å²) in [5.74, 6) is 0. The van der Waals surface area contributed by atoms with Crippen LogP contribution in [0.25, 0.3) is 0 Å². The molecule has 0 saturated heterocycles. The number of aliphatic hydroxyl groups excluding tert-OH is 1. The van der Waals surface area contributed by atoms with Crippen LogP contribution in [0.1, 0.15) is 19.8 Å². The lowest BCUT2D eigenvalue weighted by molar-refractivity contribution is 0.176. The van der Waals surface area contributed by atoms with Gasteiger partial charge in [0.15, 0.2) is 0 Å². The Balaban J connectivity index is 2.71. The van der Waals surface area contributed by atoms with Gasteiger partial charge >= 0.3 is 0 Å². The van der Waals surface area contributed by atoms with E-state index < -0.39 is 6.10 Å². The number of methoxy groups -OCH3 is 1. The summed E-state index contributed by atoms with van der Waals surface area (Å²) in [6, 6.07) is 0. The summed E-state index contributed by atoms with van der Waals surface area (Å²) in [7, 11) is 1.55. The van der Waals surface area contributed by atoms with Gasteiger partial charge in [-0.3, -0.25) is 4.79 Å². The Hall–Kier alpha value is -1.11. The van der Waals surface area contributed by atoms with E-state index in [9.17, 15) is 9.90 Å². The van der Waals surface area contributed by atoms with Crippen LogP contribution in [0.3, 0.4) is 0 Å². The van der Waals surface area contributed by atoms with Crippen molar-refractivity contribution < 1.29 is 9.84 Å². The first-order valence-electron chi connectivity index (χ1n) is 6.26. The monoisotopic (exact) mass is 289 g/mol. The first kappa shape index (κ1) is 15.9. The average molecular weight is 290 g/mol. The van der Waals surface area contributed by atoms with Crippen molar-refractivity contribution in [3.05, 3.63) is 21.6 Å². The summed E-state index contributed by atoms with van der Waals surface area (Å²) < 4.78 is 6.13. The molecule has 108 valence electrons. The minimum atomic E-state index is -0.461. The number of hydrogen-bond acceptors (Lipinski definition) is 5. The molecule has 0 spiro atoms. The molecule has 19 heavy (non-hydrogen) atoms. The molecule has 0 aromatic carbocycles. The topological polar surface area (TPSA) is 76.4 Å². The van der Waals surface area contributed by atoms with Crippen molar-refractivity contribution >= 4 is 17.3 Å². The van der Waals surface area contributed by atoms with E-state index in [1.54, 1.807) is 7.11 Å². The Labute approximate surface area is 117 Å². The normalized spacial score (nSPS) is 12.4. The molecule has 6 nitrogen and oxygen atoms in total. The molecule has 0 bridgehead atoms. The third-order valence-electron chi connectivity index (χ3n) is 2.64. The lowest BCUT2D eigenvalue weighted by Gasteiger charge is -2.13. The SMILES string of the molecule is CCCC(O)CNc1cnn(CCOC)c(=O)c1Cl. The highest BCUT2D eigenvalue weighted by Crippen LogP contribution is 2.15. The highest BCUT2D eigenvalue weighted by atomic mass is 35.5. The Kier molecular flexibility index (Phi) is 6.83. The molecule has 0 amide bonds. The van der Waals surface area contributed by atoms with Gasteiger partial charge in [0.2, 0.25) is 0 Å². The van der Waals surface area contributed by atoms with E-state index in [1.165, 1.54) is 10.9 Å². The van der Waals surface area contributed by atoms with Gasteiger partial charge in [-0.2, -0.15) is 5.10 Å². The number of nitrogens with one attached hydrogen (secondary N) is 1. The van der Waals surface area contributed by atoms with E-state index in [0.717, 1.165) is 6.42 Å². The number of rotatable bonds is 8. The molecule has 2 N–H and O–H groups in total. The van der Waals surface area contributed by atoms with Gasteiger partial charge in [0, 0.05) is 13.7 Å². The standard InChI is InChI=1S/C12H20ClN3O3/c1-3-4-9(17)7-14-10-8-15-16(5-6-19-2)12(18)11(10)13/h8-9,14,17H,3-7H2,1-2H3. The molecule has 0 aliphatic heterocycles. The fraction of sp³-hybridized carbons (Fsp3) is 0.667. The summed E-state index contributed by atoms with van der Waals surface area (Å²) in [4.78, 5) is 11.9. The van der Waals surface area contributed by atoms with Gasteiger partial charge in [-0.25, -0.2) is 4.68 Å². The molecule has 0 saturated carbocycles. The molecular formula is C12H20ClN3O3. The van der Waals surface area contributed by atoms with Crippen LogP contribution in [0.15, 0.2) is 11.0 Å². The van der Waals surface area contributed by atoms with Gasteiger partial charge in [-0.15, -0.1) is 0 Å². The van der Waals surface area contributed by atoms with Crippen molar-refractivity contribution in [1.29, 1.82) is 0 Å². The van der Waals surface area contributed by atoms with Crippen LogP contribution in [0.2, 0.25) is 5.02 Å². The van der Waals surface area contributed by atoms with Gasteiger partial charge in [0.05, 0.1) is 31.1 Å². The Bertz CT molecular complexity index is 450. The van der Waals surface area contributed by atoms with Crippen LogP contribution < -0.4 is 10.9 Å². The number of nitrogens with zero attached hydrogens (tertiary/aromatic N) is 2. The number of aromatic nitrogens is 2. The molecule has 1 atom stereocenters. The molecule has 1 aromatic heterocycles. The number of anilines is 1. The molecule has 1 unspecified atom stereocenters. The molecule has 0 fully saturated rings. The fourth-order valence-corrected chi connectivity index (χ4v) is 1.80. The zero-order valence-corrected chi connectivity index (χ0v) is 12.0. The lowest BCUT2D eigenvalue weighted by atomic mass is 10.2. The van der Waals surface area contributed by atoms with E-state index in [-0.39, 0.29) is 10.6 Å². The predicted molar refractivity (Wildman–Crippen MR) is 74.8 cm³/mol. The van der Waals surface area contributed by atoms with Gasteiger partial charge in [0.1, 0.15) is 5.02 Å². The molecule has 1 rings (SSSR count). The van der Waals surface area contributed by atoms with Crippen molar-refractivity contribution in [2.24, 2.45) is 0 Å². The molecule has 1 heterocycles. The molecule has 7 heteroatoms. The molecular weight excluding hydrogens is 270 g/mol. The van der Waals surface area contributed by atoms with E-state index >= 15 is 0 Å². The third kappa shape index (κ3) is 4.81. The smallest absolute Gasteiger partial charge is 0.287 e. The summed E-state index contributed by atoms with van der Waals surface area (Å²) in [5, 5.41) is 16.6. The van der Waals surface area contributed by atoms with Crippen molar-refractivity contribution in [3.8, 4) is 0 Å². The third-order valence-corrected chi connectivity index (χ3v) is 3.01. The minimum absolute atomic E-state index is 0.0785. The number of ether oxygens (including phenoxy) is 1. The van der Waals surface area contributed by atoms with Crippen LogP contribution in [-0.4, -0.2) is 41.3 Å². The summed E-state index contributed by atoms with van der Waals surface area (Å²) in [6.07, 6.45) is 2.62. The number of halogens is 1. The Morgan fingerprint density at radius 3 is 3.00 bits per heavy atom. The Morgan fingerprint density at radius 1 is 1.63 bits per heavy atom. The van der Waals surface area contributed by atoms with Gasteiger partial charge in [-0.05, 0) is 6.42 Å². The van der Waals surface area contributed by atoms with Crippen LogP contribution >= 0.6 is 11.6 Å². The second kappa shape index (κ2) is 8.14. The van der Waals surface area contributed by atoms with Crippen LogP contribution in [0, 0.1) is 0 Å². The van der Waals surface area contributed by atoms with Crippen molar-refractivity contribution in [1.82, 2.24) is 9.78 Å². The highest BCUT2D eigenvalue weighted by molar-refractivity contribution is 6.32. The molecule has 0 radical (unpaired) electrons. The molecule has 1 aromatic rings. The predicted octanol–water partition coefficient (Wildman–Crippen LogP) is 1.12. The first-order valence-corrected chi connectivity index (χ1v) is 6.64. The van der Waals surface area contributed by atoms with Gasteiger partial charge in [-0.1, -0.05) is 24.9 Å². The highest BCUT2D eigenvalue weighted by Gasteiger charge is 2.10. The zero-order chi connectivity index (χ0) is 14.3. The fourth-order valence-electron chi connectivity index (χ4n) is 1.59. The summed E-state index contributed by atoms with van der Waals surface area (Å²) in [5.41, 5.74) is 0.0733. The average Bonchev–Trinajstić information content (AvgIpc) is 2.40. The van der Waals surface area contributed by atoms with E-state index in [2.05, 4.69) is 10.4 Å². The first-order chi connectivity index (χ1) is 9.10. The quantitative estimate of drug-likeness (QED) is 0.750. The van der Waals surface area contributed by atoms with E-state index in [4.69, 9.17) is 16.3 Å². The second-order valence-corrected chi connectivity index (χ2v) is 4.59. The van der Waals surface area contributed by atoms with Crippen LogP contribution in [0.5, 0.6) is 0 Å². The van der Waals surface area contributed by atoms with Crippen LogP contribution in [-0.2, 0) is 11.3 Å². The maximum absolute atomic E-state index is 11.9. The van der Waals surface area contributed by atoms with Crippen molar-refractivity contribution in [2.45, 2.75) is 32.4 Å². The summed E-state index contributed by atoms with van der Waals surface area (Å²) >= 11 is 5.98. The maximum atomic E-state index is 11.9. The van der Waals surface area contributed by atoms with Gasteiger partial charge in [0.25, 0.3) is 5.56 Å². The lowest BCUT2D eigenvalue weighted by Crippen LogP contribution is -2.27. The summed E-state index contributed by atoms with van der Waals surface area (Å²) in [6.45, 7) is 3.09. The van der Waals surface area contributed by atoms with Crippen molar-refractivity contribution in [3.63, 3.8) is 0 Å².